The SMILES string of the molecule is CC1(c2ccc(-c3csc(N)n3)cc2)CC1. The van der Waals surface area contributed by atoms with E-state index in [1.807, 2.05) is 5.38 Å². The van der Waals surface area contributed by atoms with Crippen LogP contribution in [0.5, 0.6) is 0 Å². The largest absolute Gasteiger partial charge is 0.375 e. The molecule has 2 N–H and O–H groups in total. The molecule has 1 aromatic carbocycles. The maximum atomic E-state index is 5.63. The monoisotopic (exact) mass is 230 g/mol. The van der Waals surface area contributed by atoms with E-state index in [0.717, 1.165) is 11.3 Å². The highest BCUT2D eigenvalue weighted by Crippen LogP contribution is 2.47. The summed E-state index contributed by atoms with van der Waals surface area (Å²) in [5.74, 6) is 0. The Hall–Kier alpha value is -1.35. The quantitative estimate of drug-likeness (QED) is 0.858. The van der Waals surface area contributed by atoms with E-state index >= 15 is 0 Å². The van der Waals surface area contributed by atoms with E-state index in [0.29, 0.717) is 10.5 Å². The molecule has 2 nitrogen and oxygen atoms in total. The number of nitrogens with zero attached hydrogens (tertiary/aromatic N) is 1. The Balaban J connectivity index is 1.93. The summed E-state index contributed by atoms with van der Waals surface area (Å²) in [5, 5.41) is 2.64. The molecule has 0 unspecified atom stereocenters. The Kier molecular flexibility index (Phi) is 2.04. The molecule has 1 aliphatic rings. The van der Waals surface area contributed by atoms with Crippen LogP contribution in [0.1, 0.15) is 25.3 Å². The molecule has 0 radical (unpaired) electrons. The summed E-state index contributed by atoms with van der Waals surface area (Å²) < 4.78 is 0. The van der Waals surface area contributed by atoms with Gasteiger partial charge in [-0.1, -0.05) is 31.2 Å². The number of nitrogen functional groups attached to an aromatic ring is 1. The lowest BCUT2D eigenvalue weighted by molar-refractivity contribution is 0.788. The standard InChI is InChI=1S/C13H14N2S/c1-13(6-7-13)10-4-2-9(3-5-10)11-8-16-12(14)15-11/h2-5,8H,6-7H2,1H3,(H2,14,15). The van der Waals surface area contributed by atoms with Crippen LogP contribution in [0.3, 0.4) is 0 Å². The highest BCUT2D eigenvalue weighted by atomic mass is 32.1. The van der Waals surface area contributed by atoms with Crippen LogP contribution < -0.4 is 5.73 Å². The molecule has 0 saturated heterocycles. The van der Waals surface area contributed by atoms with E-state index in [2.05, 4.69) is 36.2 Å². The smallest absolute Gasteiger partial charge is 0.180 e. The van der Waals surface area contributed by atoms with Gasteiger partial charge in [0.1, 0.15) is 0 Å². The Bertz CT molecular complexity index is 509. The Labute approximate surface area is 99.1 Å². The number of hydrogen-bond donors (Lipinski definition) is 1. The summed E-state index contributed by atoms with van der Waals surface area (Å²) in [6, 6.07) is 8.73. The number of hydrogen-bond acceptors (Lipinski definition) is 3. The van der Waals surface area contributed by atoms with Gasteiger partial charge >= 0.3 is 0 Å². The molecule has 82 valence electrons. The van der Waals surface area contributed by atoms with Crippen molar-refractivity contribution >= 4 is 16.5 Å². The highest BCUT2D eigenvalue weighted by Gasteiger charge is 2.38. The minimum Gasteiger partial charge on any atom is -0.375 e. The van der Waals surface area contributed by atoms with Gasteiger partial charge in [-0.2, -0.15) is 0 Å². The Morgan fingerprint density at radius 3 is 2.44 bits per heavy atom. The van der Waals surface area contributed by atoms with Gasteiger partial charge in [-0.3, -0.25) is 0 Å². The van der Waals surface area contributed by atoms with Crippen molar-refractivity contribution in [3.05, 3.63) is 35.2 Å². The zero-order chi connectivity index (χ0) is 11.2. The first-order chi connectivity index (χ1) is 7.67. The third-order valence-electron chi connectivity index (χ3n) is 3.40. The summed E-state index contributed by atoms with van der Waals surface area (Å²) in [6.45, 7) is 2.32. The average molecular weight is 230 g/mol. The molecule has 1 aliphatic carbocycles. The second-order valence-corrected chi connectivity index (χ2v) is 5.60. The van der Waals surface area contributed by atoms with Gasteiger partial charge in [-0.25, -0.2) is 4.98 Å². The first-order valence-corrected chi connectivity index (χ1v) is 6.37. The molecule has 0 spiro atoms. The Morgan fingerprint density at radius 2 is 1.94 bits per heavy atom. The normalized spacial score (nSPS) is 17.3. The number of benzene rings is 1. The fraction of sp³-hybridized carbons (Fsp3) is 0.308. The van der Waals surface area contributed by atoms with Crippen LogP contribution in [0.15, 0.2) is 29.6 Å². The van der Waals surface area contributed by atoms with E-state index in [1.165, 1.54) is 29.7 Å². The van der Waals surface area contributed by atoms with Gasteiger partial charge in [-0.15, -0.1) is 11.3 Å². The van der Waals surface area contributed by atoms with Crippen LogP contribution in [-0.4, -0.2) is 4.98 Å². The third-order valence-corrected chi connectivity index (χ3v) is 4.07. The van der Waals surface area contributed by atoms with Gasteiger partial charge in [0.2, 0.25) is 0 Å². The van der Waals surface area contributed by atoms with Crippen molar-refractivity contribution in [2.45, 2.75) is 25.2 Å². The van der Waals surface area contributed by atoms with Crippen LogP contribution in [0.2, 0.25) is 0 Å². The lowest BCUT2D eigenvalue weighted by Crippen LogP contribution is -1.98. The Morgan fingerprint density at radius 1 is 1.25 bits per heavy atom. The molecule has 2 aromatic rings. The zero-order valence-electron chi connectivity index (χ0n) is 9.23. The first kappa shape index (κ1) is 9.85. The first-order valence-electron chi connectivity index (χ1n) is 5.49. The van der Waals surface area contributed by atoms with Crippen LogP contribution in [0, 0.1) is 0 Å². The predicted molar refractivity (Wildman–Crippen MR) is 68.5 cm³/mol. The van der Waals surface area contributed by atoms with Crippen LogP contribution >= 0.6 is 11.3 Å². The molecule has 3 rings (SSSR count). The van der Waals surface area contributed by atoms with Crippen LogP contribution in [-0.2, 0) is 5.41 Å². The van der Waals surface area contributed by atoms with E-state index < -0.39 is 0 Å². The molecule has 1 saturated carbocycles. The minimum atomic E-state index is 0.444. The lowest BCUT2D eigenvalue weighted by Gasteiger charge is -2.08. The molecule has 0 bridgehead atoms. The maximum Gasteiger partial charge on any atom is 0.180 e. The average Bonchev–Trinajstić information content (AvgIpc) is 2.89. The minimum absolute atomic E-state index is 0.444. The fourth-order valence-corrected chi connectivity index (χ4v) is 2.51. The third kappa shape index (κ3) is 1.61. The molecule has 1 fully saturated rings. The number of anilines is 1. The van der Waals surface area contributed by atoms with Gasteiger partial charge < -0.3 is 5.73 Å². The number of aromatic nitrogens is 1. The topological polar surface area (TPSA) is 38.9 Å². The van der Waals surface area contributed by atoms with E-state index in [4.69, 9.17) is 5.73 Å². The molecule has 1 aromatic heterocycles. The van der Waals surface area contributed by atoms with Crippen molar-refractivity contribution in [3.8, 4) is 11.3 Å². The van der Waals surface area contributed by atoms with Gasteiger partial charge in [0.05, 0.1) is 5.69 Å². The molecule has 16 heavy (non-hydrogen) atoms. The van der Waals surface area contributed by atoms with E-state index in [-0.39, 0.29) is 0 Å². The molecule has 0 amide bonds. The van der Waals surface area contributed by atoms with Gasteiger partial charge in [0, 0.05) is 10.9 Å². The molecular formula is C13H14N2S. The lowest BCUT2D eigenvalue weighted by atomic mass is 9.97. The molecule has 0 atom stereocenters. The summed E-state index contributed by atoms with van der Waals surface area (Å²) in [4.78, 5) is 4.28. The van der Waals surface area contributed by atoms with Crippen molar-refractivity contribution in [2.75, 3.05) is 5.73 Å². The summed E-state index contributed by atoms with van der Waals surface area (Å²) in [5.41, 5.74) is 9.66. The van der Waals surface area contributed by atoms with E-state index in [1.54, 1.807) is 0 Å². The van der Waals surface area contributed by atoms with Crippen molar-refractivity contribution in [3.63, 3.8) is 0 Å². The number of thiazole rings is 1. The van der Waals surface area contributed by atoms with Crippen molar-refractivity contribution in [1.82, 2.24) is 4.98 Å². The number of rotatable bonds is 2. The van der Waals surface area contributed by atoms with Crippen LogP contribution in [0.25, 0.3) is 11.3 Å². The fourth-order valence-electron chi connectivity index (χ4n) is 1.94. The van der Waals surface area contributed by atoms with Crippen molar-refractivity contribution < 1.29 is 0 Å². The van der Waals surface area contributed by atoms with Gasteiger partial charge in [0.15, 0.2) is 5.13 Å². The summed E-state index contributed by atoms with van der Waals surface area (Å²) >= 11 is 1.49. The van der Waals surface area contributed by atoms with Crippen molar-refractivity contribution in [2.24, 2.45) is 0 Å². The van der Waals surface area contributed by atoms with Gasteiger partial charge in [-0.05, 0) is 23.8 Å². The summed E-state index contributed by atoms with van der Waals surface area (Å²) in [7, 11) is 0. The molecular weight excluding hydrogens is 216 g/mol. The van der Waals surface area contributed by atoms with Crippen LogP contribution in [0.4, 0.5) is 5.13 Å². The second kappa shape index (κ2) is 3.32. The molecule has 0 aliphatic heterocycles. The summed E-state index contributed by atoms with van der Waals surface area (Å²) in [6.07, 6.45) is 2.63. The zero-order valence-corrected chi connectivity index (χ0v) is 10.1. The molecule has 1 heterocycles. The maximum absolute atomic E-state index is 5.63. The highest BCUT2D eigenvalue weighted by molar-refractivity contribution is 7.13. The van der Waals surface area contributed by atoms with E-state index in [9.17, 15) is 0 Å². The molecule has 3 heteroatoms. The second-order valence-electron chi connectivity index (χ2n) is 4.71. The predicted octanol–water partition coefficient (Wildman–Crippen LogP) is 3.44. The number of nitrogens with two attached hydrogens (primary N) is 1. The van der Waals surface area contributed by atoms with Gasteiger partial charge in [0.25, 0.3) is 0 Å². The van der Waals surface area contributed by atoms with Crippen molar-refractivity contribution in [1.29, 1.82) is 0 Å².